The van der Waals surface area contributed by atoms with Crippen LogP contribution in [0.5, 0.6) is 0 Å². The molecule has 5 heteroatoms. The molecular weight excluding hydrogens is 293 g/mol. The zero-order valence-electron chi connectivity index (χ0n) is 9.30. The smallest absolute Gasteiger partial charge is 0.124 e. The average Bonchev–Trinajstić information content (AvgIpc) is 2.06. The highest BCUT2D eigenvalue weighted by atomic mass is 79.9. The Morgan fingerprint density at radius 3 is 2.62 bits per heavy atom. The van der Waals surface area contributed by atoms with Gasteiger partial charge in [-0.1, -0.05) is 22.0 Å². The third-order valence-corrected chi connectivity index (χ3v) is 4.30. The molecule has 0 aliphatic rings. The van der Waals surface area contributed by atoms with E-state index in [1.807, 2.05) is 13.8 Å². The molecule has 0 aromatic heterocycles. The van der Waals surface area contributed by atoms with Gasteiger partial charge in [0.2, 0.25) is 0 Å². The Morgan fingerprint density at radius 2 is 2.12 bits per heavy atom. The van der Waals surface area contributed by atoms with E-state index in [4.69, 9.17) is 5.73 Å². The SMILES string of the molecule is CC(C)(N)CS(=O)Cc1ccc(F)cc1Br. The molecule has 0 aliphatic heterocycles. The van der Waals surface area contributed by atoms with E-state index in [2.05, 4.69) is 15.9 Å². The monoisotopic (exact) mass is 307 g/mol. The zero-order chi connectivity index (χ0) is 12.3. The van der Waals surface area contributed by atoms with E-state index in [0.29, 0.717) is 16.0 Å². The number of nitrogens with two attached hydrogens (primary N) is 1. The number of hydrogen-bond acceptors (Lipinski definition) is 2. The Balaban J connectivity index is 2.70. The third-order valence-electron chi connectivity index (χ3n) is 1.86. The van der Waals surface area contributed by atoms with Gasteiger partial charge in [0.25, 0.3) is 0 Å². The molecule has 1 rings (SSSR count). The maximum atomic E-state index is 12.8. The first-order valence-corrected chi connectivity index (χ1v) is 7.14. The van der Waals surface area contributed by atoms with Gasteiger partial charge < -0.3 is 5.73 Å². The standard InChI is InChI=1S/C11H15BrFNOS/c1-11(2,14)7-16(15)6-8-3-4-9(13)5-10(8)12/h3-5H,6-7,14H2,1-2H3. The summed E-state index contributed by atoms with van der Waals surface area (Å²) in [5.74, 6) is 0.513. The van der Waals surface area contributed by atoms with Crippen LogP contribution in [0.1, 0.15) is 19.4 Å². The molecule has 2 N–H and O–H groups in total. The molecule has 2 nitrogen and oxygen atoms in total. The fourth-order valence-electron chi connectivity index (χ4n) is 1.28. The van der Waals surface area contributed by atoms with Crippen LogP contribution in [0.3, 0.4) is 0 Å². The Labute approximate surface area is 106 Å². The van der Waals surface area contributed by atoms with Crippen molar-refractivity contribution >= 4 is 26.7 Å². The average molecular weight is 308 g/mol. The van der Waals surface area contributed by atoms with Gasteiger partial charge in [0, 0.05) is 32.3 Å². The van der Waals surface area contributed by atoms with Gasteiger partial charge in [0.15, 0.2) is 0 Å². The highest BCUT2D eigenvalue weighted by Gasteiger charge is 2.16. The van der Waals surface area contributed by atoms with Gasteiger partial charge in [-0.15, -0.1) is 0 Å². The zero-order valence-corrected chi connectivity index (χ0v) is 11.7. The molecule has 0 radical (unpaired) electrons. The number of benzene rings is 1. The molecule has 0 heterocycles. The predicted molar refractivity (Wildman–Crippen MR) is 69.1 cm³/mol. The van der Waals surface area contributed by atoms with Crippen molar-refractivity contribution in [2.45, 2.75) is 25.1 Å². The molecule has 0 aliphatic carbocycles. The number of hydrogen-bond donors (Lipinski definition) is 1. The Bertz CT molecular complexity index is 403. The van der Waals surface area contributed by atoms with Crippen molar-refractivity contribution in [3.63, 3.8) is 0 Å². The van der Waals surface area contributed by atoms with E-state index in [-0.39, 0.29) is 5.82 Å². The van der Waals surface area contributed by atoms with Crippen LogP contribution >= 0.6 is 15.9 Å². The van der Waals surface area contributed by atoms with Gasteiger partial charge in [0.05, 0.1) is 0 Å². The van der Waals surface area contributed by atoms with E-state index >= 15 is 0 Å². The fourth-order valence-corrected chi connectivity index (χ4v) is 3.49. The Hall–Kier alpha value is -0.260. The minimum Gasteiger partial charge on any atom is -0.325 e. The van der Waals surface area contributed by atoms with Crippen molar-refractivity contribution in [3.8, 4) is 0 Å². The normalized spacial score (nSPS) is 13.8. The first-order chi connectivity index (χ1) is 7.28. The van der Waals surface area contributed by atoms with Crippen LogP contribution in [0.15, 0.2) is 22.7 Å². The molecule has 0 amide bonds. The first kappa shape index (κ1) is 13.8. The van der Waals surface area contributed by atoms with Crippen molar-refractivity contribution in [2.75, 3.05) is 5.75 Å². The summed E-state index contributed by atoms with van der Waals surface area (Å²) in [6.07, 6.45) is 0. The quantitative estimate of drug-likeness (QED) is 0.929. The van der Waals surface area contributed by atoms with Crippen molar-refractivity contribution in [1.29, 1.82) is 0 Å². The second-order valence-corrected chi connectivity index (χ2v) is 6.76. The molecule has 1 aromatic rings. The van der Waals surface area contributed by atoms with E-state index in [9.17, 15) is 8.60 Å². The van der Waals surface area contributed by atoms with E-state index in [1.54, 1.807) is 6.07 Å². The molecule has 90 valence electrons. The third kappa shape index (κ3) is 4.72. The van der Waals surface area contributed by atoms with Crippen LogP contribution in [0, 0.1) is 5.82 Å². The summed E-state index contributed by atoms with van der Waals surface area (Å²) in [7, 11) is -1.03. The van der Waals surface area contributed by atoms with Gasteiger partial charge in [-0.05, 0) is 31.5 Å². The largest absolute Gasteiger partial charge is 0.325 e. The van der Waals surface area contributed by atoms with Gasteiger partial charge >= 0.3 is 0 Å². The lowest BCUT2D eigenvalue weighted by atomic mass is 10.1. The van der Waals surface area contributed by atoms with Crippen molar-refractivity contribution < 1.29 is 8.60 Å². The summed E-state index contributed by atoms with van der Waals surface area (Å²) >= 11 is 3.25. The van der Waals surface area contributed by atoms with E-state index < -0.39 is 16.3 Å². The second kappa shape index (κ2) is 5.38. The van der Waals surface area contributed by atoms with Gasteiger partial charge in [-0.25, -0.2) is 4.39 Å². The Kier molecular flexibility index (Phi) is 4.64. The molecule has 16 heavy (non-hydrogen) atoms. The van der Waals surface area contributed by atoms with Crippen LogP contribution in [0.25, 0.3) is 0 Å². The maximum absolute atomic E-state index is 12.8. The van der Waals surface area contributed by atoms with Crippen molar-refractivity contribution in [2.24, 2.45) is 5.73 Å². The van der Waals surface area contributed by atoms with Crippen LogP contribution in [0.2, 0.25) is 0 Å². The van der Waals surface area contributed by atoms with E-state index in [0.717, 1.165) is 5.56 Å². The number of halogens is 2. The minimum atomic E-state index is -1.03. The molecule has 0 spiro atoms. The van der Waals surface area contributed by atoms with Crippen LogP contribution in [0.4, 0.5) is 4.39 Å². The van der Waals surface area contributed by atoms with Gasteiger partial charge in [0.1, 0.15) is 5.82 Å². The van der Waals surface area contributed by atoms with Crippen LogP contribution < -0.4 is 5.73 Å². The van der Waals surface area contributed by atoms with E-state index in [1.165, 1.54) is 12.1 Å². The minimum absolute atomic E-state index is 0.305. The van der Waals surface area contributed by atoms with Gasteiger partial charge in [-0.3, -0.25) is 4.21 Å². The highest BCUT2D eigenvalue weighted by Crippen LogP contribution is 2.20. The summed E-state index contributed by atoms with van der Waals surface area (Å²) in [5, 5.41) is 0. The Morgan fingerprint density at radius 1 is 1.50 bits per heavy atom. The summed E-state index contributed by atoms with van der Waals surface area (Å²) in [6, 6.07) is 4.38. The molecule has 0 bridgehead atoms. The summed E-state index contributed by atoms with van der Waals surface area (Å²) < 4.78 is 25.3. The molecule has 1 aromatic carbocycles. The lowest BCUT2D eigenvalue weighted by Crippen LogP contribution is -2.38. The van der Waals surface area contributed by atoms with Crippen molar-refractivity contribution in [1.82, 2.24) is 0 Å². The topological polar surface area (TPSA) is 43.1 Å². The lowest BCUT2D eigenvalue weighted by molar-refractivity contribution is 0.577. The van der Waals surface area contributed by atoms with Gasteiger partial charge in [-0.2, -0.15) is 0 Å². The molecule has 0 saturated carbocycles. The molecule has 0 saturated heterocycles. The summed E-state index contributed by atoms with van der Waals surface area (Å²) in [5.41, 5.74) is 6.18. The predicted octanol–water partition coefficient (Wildman–Crippen LogP) is 2.57. The first-order valence-electron chi connectivity index (χ1n) is 4.86. The second-order valence-electron chi connectivity index (χ2n) is 4.45. The highest BCUT2D eigenvalue weighted by molar-refractivity contribution is 9.10. The van der Waals surface area contributed by atoms with Crippen molar-refractivity contribution in [3.05, 3.63) is 34.1 Å². The molecular formula is C11H15BrFNOS. The molecule has 1 unspecified atom stereocenters. The molecule has 0 fully saturated rings. The van der Waals surface area contributed by atoms with Crippen LogP contribution in [-0.4, -0.2) is 15.5 Å². The van der Waals surface area contributed by atoms with Crippen LogP contribution in [-0.2, 0) is 16.6 Å². The fraction of sp³-hybridized carbons (Fsp3) is 0.455. The lowest BCUT2D eigenvalue weighted by Gasteiger charge is -2.17. The molecule has 1 atom stereocenters. The maximum Gasteiger partial charge on any atom is 0.124 e. The number of rotatable bonds is 4. The summed E-state index contributed by atoms with van der Waals surface area (Å²) in [4.78, 5) is 0. The summed E-state index contributed by atoms with van der Waals surface area (Å²) in [6.45, 7) is 3.68.